The number of pyridine rings is 1. The highest BCUT2D eigenvalue weighted by molar-refractivity contribution is 5.94. The Morgan fingerprint density at radius 3 is 2.39 bits per heavy atom. The summed E-state index contributed by atoms with van der Waals surface area (Å²) in [5.74, 6) is 1.78. The summed E-state index contributed by atoms with van der Waals surface area (Å²) in [4.78, 5) is 15.3. The van der Waals surface area contributed by atoms with Crippen molar-refractivity contribution in [1.82, 2.24) is 4.98 Å². The summed E-state index contributed by atoms with van der Waals surface area (Å²) in [6, 6.07) is 10.4. The van der Waals surface area contributed by atoms with Crippen LogP contribution in [-0.4, -0.2) is 17.9 Å². The third kappa shape index (κ3) is 2.85. The maximum absolute atomic E-state index is 11.2. The molecule has 0 saturated carbocycles. The fourth-order valence-electron chi connectivity index (χ4n) is 1.45. The number of nitrogens with zero attached hydrogens (tertiary/aromatic N) is 1. The summed E-state index contributed by atoms with van der Waals surface area (Å²) >= 11 is 0. The summed E-state index contributed by atoms with van der Waals surface area (Å²) in [5, 5.41) is 0. The van der Waals surface area contributed by atoms with E-state index in [1.54, 1.807) is 49.7 Å². The molecule has 1 heterocycles. The summed E-state index contributed by atoms with van der Waals surface area (Å²) in [6.07, 6.45) is 1.55. The Balaban J connectivity index is 2.17. The molecule has 0 amide bonds. The fraction of sp³-hybridized carbons (Fsp3) is 0.143. The van der Waals surface area contributed by atoms with E-state index in [1.807, 2.05) is 0 Å². The number of benzene rings is 1. The number of aromatic nitrogens is 1. The van der Waals surface area contributed by atoms with Crippen LogP contribution in [0.4, 0.5) is 0 Å². The lowest BCUT2D eigenvalue weighted by Gasteiger charge is -2.06. The topological polar surface area (TPSA) is 48.4 Å². The second-order valence-corrected chi connectivity index (χ2v) is 3.72. The number of carbonyl (C=O) groups excluding carboxylic acids is 1. The van der Waals surface area contributed by atoms with Crippen LogP contribution >= 0.6 is 0 Å². The molecule has 1 aromatic heterocycles. The average Bonchev–Trinajstić information content (AvgIpc) is 2.40. The summed E-state index contributed by atoms with van der Waals surface area (Å²) in [5.41, 5.74) is 0.577. The van der Waals surface area contributed by atoms with Gasteiger partial charge in [-0.1, -0.05) is 0 Å². The van der Waals surface area contributed by atoms with E-state index in [0.717, 1.165) is 5.75 Å². The number of methoxy groups -OCH3 is 1. The molecule has 0 N–H and O–H groups in total. The number of ether oxygens (including phenoxy) is 2. The summed E-state index contributed by atoms with van der Waals surface area (Å²) in [6.45, 7) is 1.51. The second-order valence-electron chi connectivity index (χ2n) is 3.72. The van der Waals surface area contributed by atoms with Crippen LogP contribution in [0, 0.1) is 0 Å². The molecule has 18 heavy (non-hydrogen) atoms. The second kappa shape index (κ2) is 5.31. The SMILES string of the molecule is COc1ccc(Oc2cc(C(C)=O)ccn2)cc1. The molecule has 0 aliphatic carbocycles. The van der Waals surface area contributed by atoms with E-state index in [9.17, 15) is 4.79 Å². The first-order valence-corrected chi connectivity index (χ1v) is 5.48. The highest BCUT2D eigenvalue weighted by atomic mass is 16.5. The van der Waals surface area contributed by atoms with Crippen LogP contribution in [0.1, 0.15) is 17.3 Å². The van der Waals surface area contributed by atoms with Crippen LogP contribution in [-0.2, 0) is 0 Å². The van der Waals surface area contributed by atoms with Gasteiger partial charge in [-0.3, -0.25) is 4.79 Å². The van der Waals surface area contributed by atoms with E-state index in [2.05, 4.69) is 4.98 Å². The maximum atomic E-state index is 11.2. The minimum absolute atomic E-state index is 0.0167. The van der Waals surface area contributed by atoms with Gasteiger partial charge in [0.2, 0.25) is 5.88 Å². The van der Waals surface area contributed by atoms with Crippen LogP contribution in [0.25, 0.3) is 0 Å². The third-order valence-corrected chi connectivity index (χ3v) is 2.42. The van der Waals surface area contributed by atoms with Crippen molar-refractivity contribution in [3.8, 4) is 17.4 Å². The van der Waals surface area contributed by atoms with Gasteiger partial charge >= 0.3 is 0 Å². The molecule has 1 aromatic carbocycles. The standard InChI is InChI=1S/C14H13NO3/c1-10(16)11-7-8-15-14(9-11)18-13-5-3-12(17-2)4-6-13/h3-9H,1-2H3. The molecule has 4 heteroatoms. The Labute approximate surface area is 105 Å². The molecule has 0 radical (unpaired) electrons. The van der Waals surface area contributed by atoms with Crippen molar-refractivity contribution < 1.29 is 14.3 Å². The fourth-order valence-corrected chi connectivity index (χ4v) is 1.45. The smallest absolute Gasteiger partial charge is 0.219 e. The quantitative estimate of drug-likeness (QED) is 0.774. The Hall–Kier alpha value is -2.36. The predicted octanol–water partition coefficient (Wildman–Crippen LogP) is 3.09. The Bertz CT molecular complexity index is 549. The lowest BCUT2D eigenvalue weighted by molar-refractivity contribution is 0.101. The van der Waals surface area contributed by atoms with Gasteiger partial charge in [0, 0.05) is 17.8 Å². The van der Waals surface area contributed by atoms with E-state index in [0.29, 0.717) is 17.2 Å². The van der Waals surface area contributed by atoms with E-state index in [1.165, 1.54) is 6.92 Å². The van der Waals surface area contributed by atoms with Gasteiger partial charge in [0.25, 0.3) is 0 Å². The highest BCUT2D eigenvalue weighted by Crippen LogP contribution is 2.22. The normalized spacial score (nSPS) is 9.89. The molecule has 0 atom stereocenters. The Morgan fingerprint density at radius 1 is 1.11 bits per heavy atom. The predicted molar refractivity (Wildman–Crippen MR) is 67.3 cm³/mol. The number of hydrogen-bond donors (Lipinski definition) is 0. The number of Topliss-reactive ketones (excluding diaryl/α,β-unsaturated/α-hetero) is 1. The third-order valence-electron chi connectivity index (χ3n) is 2.42. The molecule has 0 bridgehead atoms. The Morgan fingerprint density at radius 2 is 1.78 bits per heavy atom. The molecular weight excluding hydrogens is 230 g/mol. The monoisotopic (exact) mass is 243 g/mol. The maximum Gasteiger partial charge on any atom is 0.219 e. The van der Waals surface area contributed by atoms with Gasteiger partial charge in [-0.05, 0) is 37.3 Å². The van der Waals surface area contributed by atoms with Crippen molar-refractivity contribution in [1.29, 1.82) is 0 Å². The van der Waals surface area contributed by atoms with Gasteiger partial charge in [-0.25, -0.2) is 4.98 Å². The number of rotatable bonds is 4. The minimum Gasteiger partial charge on any atom is -0.497 e. The molecule has 0 unspecified atom stereocenters. The molecule has 4 nitrogen and oxygen atoms in total. The van der Waals surface area contributed by atoms with Crippen LogP contribution < -0.4 is 9.47 Å². The molecule has 0 aliphatic rings. The van der Waals surface area contributed by atoms with Crippen LogP contribution in [0.5, 0.6) is 17.4 Å². The first-order chi connectivity index (χ1) is 8.69. The lowest BCUT2D eigenvalue weighted by Crippen LogP contribution is -1.94. The summed E-state index contributed by atoms with van der Waals surface area (Å²) in [7, 11) is 1.60. The van der Waals surface area contributed by atoms with Crippen LogP contribution in [0.3, 0.4) is 0 Å². The zero-order chi connectivity index (χ0) is 13.0. The Kier molecular flexibility index (Phi) is 3.57. The van der Waals surface area contributed by atoms with E-state index in [-0.39, 0.29) is 5.78 Å². The number of ketones is 1. The van der Waals surface area contributed by atoms with E-state index >= 15 is 0 Å². The number of carbonyl (C=O) groups is 1. The van der Waals surface area contributed by atoms with Crippen LogP contribution in [0.2, 0.25) is 0 Å². The molecular formula is C14H13NO3. The van der Waals surface area contributed by atoms with Crippen molar-refractivity contribution in [2.45, 2.75) is 6.92 Å². The van der Waals surface area contributed by atoms with E-state index < -0.39 is 0 Å². The highest BCUT2D eigenvalue weighted by Gasteiger charge is 2.03. The average molecular weight is 243 g/mol. The molecule has 0 fully saturated rings. The lowest BCUT2D eigenvalue weighted by atomic mass is 10.2. The van der Waals surface area contributed by atoms with Gasteiger partial charge in [-0.15, -0.1) is 0 Å². The van der Waals surface area contributed by atoms with Gasteiger partial charge in [0.15, 0.2) is 5.78 Å². The largest absolute Gasteiger partial charge is 0.497 e. The van der Waals surface area contributed by atoms with Gasteiger partial charge in [0.1, 0.15) is 11.5 Å². The van der Waals surface area contributed by atoms with Gasteiger partial charge in [0.05, 0.1) is 7.11 Å². The molecule has 0 saturated heterocycles. The molecule has 0 aliphatic heterocycles. The first-order valence-electron chi connectivity index (χ1n) is 5.48. The van der Waals surface area contributed by atoms with Crippen molar-refractivity contribution in [3.63, 3.8) is 0 Å². The van der Waals surface area contributed by atoms with Crippen molar-refractivity contribution in [3.05, 3.63) is 48.2 Å². The van der Waals surface area contributed by atoms with E-state index in [4.69, 9.17) is 9.47 Å². The molecule has 0 spiro atoms. The van der Waals surface area contributed by atoms with Gasteiger partial charge < -0.3 is 9.47 Å². The zero-order valence-electron chi connectivity index (χ0n) is 10.2. The van der Waals surface area contributed by atoms with Crippen LogP contribution in [0.15, 0.2) is 42.6 Å². The van der Waals surface area contributed by atoms with Gasteiger partial charge in [-0.2, -0.15) is 0 Å². The van der Waals surface area contributed by atoms with Crippen molar-refractivity contribution in [2.75, 3.05) is 7.11 Å². The molecule has 92 valence electrons. The summed E-state index contributed by atoms with van der Waals surface area (Å²) < 4.78 is 10.6. The molecule has 2 rings (SSSR count). The first kappa shape index (κ1) is 12.1. The number of hydrogen-bond acceptors (Lipinski definition) is 4. The zero-order valence-corrected chi connectivity index (χ0v) is 10.2. The molecule has 2 aromatic rings. The van der Waals surface area contributed by atoms with Crippen molar-refractivity contribution >= 4 is 5.78 Å². The van der Waals surface area contributed by atoms with Crippen molar-refractivity contribution in [2.24, 2.45) is 0 Å². The minimum atomic E-state index is -0.0167.